The highest BCUT2D eigenvalue weighted by Crippen LogP contribution is 2.41. The Bertz CT molecular complexity index is 703. The number of thioether (sulfide) groups is 1. The fourth-order valence-electron chi connectivity index (χ4n) is 2.00. The lowest BCUT2D eigenvalue weighted by atomic mass is 10.1. The number of benzene rings is 2. The van der Waals surface area contributed by atoms with Gasteiger partial charge in [0.15, 0.2) is 6.19 Å². The molecule has 0 aliphatic carbocycles. The Morgan fingerprint density at radius 3 is 2.74 bits per heavy atom. The number of hydrogen-bond donors (Lipinski definition) is 0. The molecule has 0 saturated carbocycles. The molecule has 4 heteroatoms. The summed E-state index contributed by atoms with van der Waals surface area (Å²) in [6.07, 6.45) is 2.24. The quantitative estimate of drug-likeness (QED) is 0.708. The summed E-state index contributed by atoms with van der Waals surface area (Å²) in [6, 6.07) is 15.4. The third-order valence-corrected chi connectivity index (χ3v) is 4.04. The first kappa shape index (κ1) is 12.2. The van der Waals surface area contributed by atoms with E-state index in [2.05, 4.69) is 6.19 Å². The molecule has 1 aliphatic heterocycles. The number of halogens is 1. The summed E-state index contributed by atoms with van der Waals surface area (Å²) in [6.45, 7) is 0. The lowest BCUT2D eigenvalue weighted by molar-refractivity contribution is 1.23. The molecule has 0 unspecified atom stereocenters. The Morgan fingerprint density at radius 2 is 1.95 bits per heavy atom. The summed E-state index contributed by atoms with van der Waals surface area (Å²) < 4.78 is 0. The summed E-state index contributed by atoms with van der Waals surface area (Å²) in [4.78, 5) is 2.71. The van der Waals surface area contributed by atoms with Crippen molar-refractivity contribution in [1.29, 1.82) is 5.26 Å². The van der Waals surface area contributed by atoms with E-state index in [0.717, 1.165) is 21.8 Å². The second kappa shape index (κ2) is 5.00. The molecule has 0 amide bonds. The molecular formula is C15H9ClN2S. The zero-order valence-electron chi connectivity index (χ0n) is 9.88. The monoisotopic (exact) mass is 284 g/mol. The molecule has 2 nitrogen and oxygen atoms in total. The summed E-state index contributed by atoms with van der Waals surface area (Å²) in [7, 11) is 0. The first-order valence-corrected chi connectivity index (χ1v) is 6.97. The molecule has 92 valence electrons. The Hall–Kier alpha value is -1.89. The van der Waals surface area contributed by atoms with Crippen molar-refractivity contribution in [2.45, 2.75) is 4.90 Å². The van der Waals surface area contributed by atoms with Gasteiger partial charge in [-0.05, 0) is 24.3 Å². The summed E-state index contributed by atoms with van der Waals surface area (Å²) >= 11 is 7.64. The molecule has 0 fully saturated rings. The minimum atomic E-state index is 0.667. The number of para-hydroxylation sites is 1. The van der Waals surface area contributed by atoms with Gasteiger partial charge in [0, 0.05) is 20.9 Å². The van der Waals surface area contributed by atoms with Crippen molar-refractivity contribution >= 4 is 34.7 Å². The average molecular weight is 285 g/mol. The van der Waals surface area contributed by atoms with Crippen molar-refractivity contribution in [1.82, 2.24) is 0 Å². The third-order valence-electron chi connectivity index (χ3n) is 2.86. The second-order valence-corrected chi connectivity index (χ2v) is 5.38. The van der Waals surface area contributed by atoms with Gasteiger partial charge in [-0.15, -0.1) is 0 Å². The maximum absolute atomic E-state index is 9.43. The number of nitriles is 1. The van der Waals surface area contributed by atoms with E-state index in [0.29, 0.717) is 5.02 Å². The van der Waals surface area contributed by atoms with Crippen LogP contribution >= 0.6 is 23.4 Å². The first-order valence-electron chi connectivity index (χ1n) is 5.71. The largest absolute Gasteiger partial charge is 0.245 e. The summed E-state index contributed by atoms with van der Waals surface area (Å²) in [5, 5.41) is 12.1. The predicted molar refractivity (Wildman–Crippen MR) is 79.8 cm³/mol. The third kappa shape index (κ3) is 2.21. The number of anilines is 1. The fraction of sp³-hybridized carbons (Fsp3) is 0. The van der Waals surface area contributed by atoms with Gasteiger partial charge in [0.25, 0.3) is 0 Å². The standard InChI is InChI=1S/C15H9ClN2S/c16-12-5-3-4-11(8-12)14-9-19-15-7-2-1-6-13(15)18(14)10-17/h1-9H. The van der Waals surface area contributed by atoms with Crippen LogP contribution in [0.2, 0.25) is 5.02 Å². The molecule has 1 aliphatic rings. The van der Waals surface area contributed by atoms with Gasteiger partial charge in [-0.25, -0.2) is 4.90 Å². The van der Waals surface area contributed by atoms with Crippen molar-refractivity contribution < 1.29 is 0 Å². The predicted octanol–water partition coefficient (Wildman–Crippen LogP) is 4.73. The first-order chi connectivity index (χ1) is 9.29. The van der Waals surface area contributed by atoms with Crippen molar-refractivity contribution in [2.24, 2.45) is 0 Å². The van der Waals surface area contributed by atoms with Crippen LogP contribution < -0.4 is 4.90 Å². The van der Waals surface area contributed by atoms with Gasteiger partial charge in [-0.1, -0.05) is 47.6 Å². The topological polar surface area (TPSA) is 27.0 Å². The molecule has 3 rings (SSSR count). The van der Waals surface area contributed by atoms with Crippen LogP contribution in [0.4, 0.5) is 5.69 Å². The number of fused-ring (bicyclic) bond motifs is 1. The molecule has 0 spiro atoms. The van der Waals surface area contributed by atoms with Crippen molar-refractivity contribution in [3.63, 3.8) is 0 Å². The average Bonchev–Trinajstić information content (AvgIpc) is 2.46. The molecular weight excluding hydrogens is 276 g/mol. The molecule has 0 saturated heterocycles. The second-order valence-electron chi connectivity index (χ2n) is 4.03. The molecule has 2 aromatic rings. The van der Waals surface area contributed by atoms with Crippen LogP contribution in [0.3, 0.4) is 0 Å². The van der Waals surface area contributed by atoms with Crippen molar-refractivity contribution in [3.05, 3.63) is 64.5 Å². The summed E-state index contributed by atoms with van der Waals surface area (Å²) in [5.74, 6) is 0. The van der Waals surface area contributed by atoms with Crippen LogP contribution in [-0.4, -0.2) is 0 Å². The minimum absolute atomic E-state index is 0.667. The van der Waals surface area contributed by atoms with E-state index in [-0.39, 0.29) is 0 Å². The van der Waals surface area contributed by atoms with Crippen LogP contribution in [0.15, 0.2) is 58.8 Å². The molecule has 19 heavy (non-hydrogen) atoms. The molecule has 0 radical (unpaired) electrons. The highest BCUT2D eigenvalue weighted by Gasteiger charge is 2.21. The zero-order valence-corrected chi connectivity index (χ0v) is 11.4. The lowest BCUT2D eigenvalue weighted by Crippen LogP contribution is -2.17. The smallest absolute Gasteiger partial charge is 0.189 e. The molecule has 0 bridgehead atoms. The Kier molecular flexibility index (Phi) is 3.20. The van der Waals surface area contributed by atoms with Crippen LogP contribution in [0.1, 0.15) is 5.56 Å². The zero-order chi connectivity index (χ0) is 13.2. The Labute approximate surface area is 120 Å². The van der Waals surface area contributed by atoms with Crippen molar-refractivity contribution in [3.8, 4) is 6.19 Å². The van der Waals surface area contributed by atoms with Gasteiger partial charge < -0.3 is 0 Å². The fourth-order valence-corrected chi connectivity index (χ4v) is 3.10. The van der Waals surface area contributed by atoms with Crippen LogP contribution in [-0.2, 0) is 0 Å². The number of hydrogen-bond acceptors (Lipinski definition) is 3. The molecule has 1 heterocycles. The van der Waals surface area contributed by atoms with E-state index in [1.807, 2.05) is 53.9 Å². The van der Waals surface area contributed by atoms with Gasteiger partial charge in [0.2, 0.25) is 0 Å². The van der Waals surface area contributed by atoms with Gasteiger partial charge in [0.05, 0.1) is 11.4 Å². The van der Waals surface area contributed by atoms with Crippen LogP contribution in [0, 0.1) is 11.5 Å². The van der Waals surface area contributed by atoms with E-state index in [1.54, 1.807) is 16.7 Å². The molecule has 0 N–H and O–H groups in total. The van der Waals surface area contributed by atoms with Crippen molar-refractivity contribution in [2.75, 3.05) is 4.90 Å². The number of nitrogens with zero attached hydrogens (tertiary/aromatic N) is 2. The minimum Gasteiger partial charge on any atom is -0.245 e. The van der Waals surface area contributed by atoms with Gasteiger partial charge in [-0.3, -0.25) is 0 Å². The molecule has 0 aromatic heterocycles. The highest BCUT2D eigenvalue weighted by atomic mass is 35.5. The maximum Gasteiger partial charge on any atom is 0.189 e. The van der Waals surface area contributed by atoms with Gasteiger partial charge >= 0.3 is 0 Å². The highest BCUT2D eigenvalue weighted by molar-refractivity contribution is 8.02. The van der Waals surface area contributed by atoms with Gasteiger partial charge in [0.1, 0.15) is 0 Å². The maximum atomic E-state index is 9.43. The van der Waals surface area contributed by atoms with E-state index in [9.17, 15) is 5.26 Å². The van der Waals surface area contributed by atoms with Gasteiger partial charge in [-0.2, -0.15) is 5.26 Å². The summed E-state index contributed by atoms with van der Waals surface area (Å²) in [5.41, 5.74) is 2.71. The van der Waals surface area contributed by atoms with E-state index in [4.69, 9.17) is 11.6 Å². The van der Waals surface area contributed by atoms with E-state index < -0.39 is 0 Å². The van der Waals surface area contributed by atoms with E-state index in [1.165, 1.54) is 0 Å². The molecule has 0 atom stereocenters. The van der Waals surface area contributed by atoms with E-state index >= 15 is 0 Å². The Morgan fingerprint density at radius 1 is 1.11 bits per heavy atom. The van der Waals surface area contributed by atoms with Crippen LogP contribution in [0.25, 0.3) is 5.70 Å². The normalized spacial score (nSPS) is 13.5. The number of rotatable bonds is 1. The SMILES string of the molecule is N#CN1C(c2cccc(Cl)c2)=CSc2ccccc21. The lowest BCUT2D eigenvalue weighted by Gasteiger charge is -2.25. The molecule has 2 aromatic carbocycles. The van der Waals surface area contributed by atoms with Crippen LogP contribution in [0.5, 0.6) is 0 Å². The Balaban J connectivity index is 2.10.